The summed E-state index contributed by atoms with van der Waals surface area (Å²) >= 11 is 0. The van der Waals surface area contributed by atoms with Crippen molar-refractivity contribution in [1.29, 1.82) is 0 Å². The van der Waals surface area contributed by atoms with Gasteiger partial charge in [0.25, 0.3) is 10.0 Å². The molecule has 0 aliphatic carbocycles. The summed E-state index contributed by atoms with van der Waals surface area (Å²) in [6.45, 7) is 3.88. The topological polar surface area (TPSA) is 83.4 Å². The van der Waals surface area contributed by atoms with Crippen LogP contribution in [0.3, 0.4) is 0 Å². The Morgan fingerprint density at radius 1 is 0.972 bits per heavy atom. The molecule has 12 heteroatoms. The molecule has 2 aromatic heterocycles. The second kappa shape index (κ2) is 9.10. The quantitative estimate of drug-likeness (QED) is 0.426. The van der Waals surface area contributed by atoms with Crippen molar-refractivity contribution in [3.63, 3.8) is 0 Å². The highest BCUT2D eigenvalue weighted by Crippen LogP contribution is 2.31. The molecule has 5 rings (SSSR count). The summed E-state index contributed by atoms with van der Waals surface area (Å²) in [7, 11) is -2.23. The van der Waals surface area contributed by atoms with E-state index in [0.29, 0.717) is 17.1 Å². The molecule has 0 bridgehead atoms. The zero-order valence-corrected chi connectivity index (χ0v) is 20.1. The fourth-order valence-corrected chi connectivity index (χ4v) is 5.39. The number of anilines is 3. The van der Waals surface area contributed by atoms with Gasteiger partial charge < -0.3 is 15.1 Å². The SMILES string of the molecule is CN1CCN(c2ccc(Nc3ncc4ccn(S(=O)(=O)c5cccc(C(F)(F)F)c5)c4n3)cc2)CC1. The summed E-state index contributed by atoms with van der Waals surface area (Å²) in [6, 6.07) is 12.9. The summed E-state index contributed by atoms with van der Waals surface area (Å²) in [5, 5.41) is 3.50. The minimum atomic E-state index is -4.66. The maximum absolute atomic E-state index is 13.2. The molecule has 0 unspecified atom stereocenters. The summed E-state index contributed by atoms with van der Waals surface area (Å²) in [6.07, 6.45) is -1.95. The summed E-state index contributed by atoms with van der Waals surface area (Å²) in [5.41, 5.74) is 0.827. The van der Waals surface area contributed by atoms with Crippen molar-refractivity contribution in [3.05, 3.63) is 72.6 Å². The maximum atomic E-state index is 13.2. The summed E-state index contributed by atoms with van der Waals surface area (Å²) in [4.78, 5) is 12.7. The minimum Gasteiger partial charge on any atom is -0.369 e. The van der Waals surface area contributed by atoms with Gasteiger partial charge >= 0.3 is 6.18 Å². The number of nitrogens with zero attached hydrogens (tertiary/aromatic N) is 5. The summed E-state index contributed by atoms with van der Waals surface area (Å²) < 4.78 is 66.6. The van der Waals surface area contributed by atoms with Crippen molar-refractivity contribution in [2.24, 2.45) is 0 Å². The Balaban J connectivity index is 1.41. The average Bonchev–Trinajstić information content (AvgIpc) is 3.29. The number of rotatable bonds is 5. The number of nitrogens with one attached hydrogen (secondary N) is 1. The van der Waals surface area contributed by atoms with Crippen molar-refractivity contribution in [2.45, 2.75) is 11.1 Å². The van der Waals surface area contributed by atoms with Crippen LogP contribution in [0.4, 0.5) is 30.5 Å². The van der Waals surface area contributed by atoms with Gasteiger partial charge in [0.15, 0.2) is 5.65 Å². The first kappa shape index (κ1) is 24.1. The molecule has 188 valence electrons. The third-order valence-corrected chi connectivity index (χ3v) is 7.77. The number of benzene rings is 2. The van der Waals surface area contributed by atoms with Crippen LogP contribution in [0.5, 0.6) is 0 Å². The molecule has 0 radical (unpaired) electrons. The van der Waals surface area contributed by atoms with Crippen LogP contribution in [0.25, 0.3) is 11.0 Å². The lowest BCUT2D eigenvalue weighted by molar-refractivity contribution is -0.137. The number of likely N-dealkylation sites (N-methyl/N-ethyl adjacent to an activating group) is 1. The molecule has 4 aromatic rings. The second-order valence-corrected chi connectivity index (χ2v) is 10.4. The number of alkyl halides is 3. The number of halogens is 3. The van der Waals surface area contributed by atoms with Gasteiger partial charge in [0.2, 0.25) is 5.95 Å². The normalized spacial score (nSPS) is 15.4. The van der Waals surface area contributed by atoms with Gasteiger partial charge in [-0.1, -0.05) is 6.07 Å². The van der Waals surface area contributed by atoms with Crippen molar-refractivity contribution < 1.29 is 21.6 Å². The molecule has 2 aromatic carbocycles. The van der Waals surface area contributed by atoms with E-state index in [1.807, 2.05) is 24.3 Å². The first-order valence-corrected chi connectivity index (χ1v) is 12.6. The highest BCUT2D eigenvalue weighted by molar-refractivity contribution is 7.90. The van der Waals surface area contributed by atoms with Crippen LogP contribution in [0.2, 0.25) is 0 Å². The highest BCUT2D eigenvalue weighted by Gasteiger charge is 2.32. The van der Waals surface area contributed by atoms with Crippen LogP contribution in [0, 0.1) is 0 Å². The van der Waals surface area contributed by atoms with E-state index in [1.165, 1.54) is 18.5 Å². The van der Waals surface area contributed by atoms with E-state index in [-0.39, 0.29) is 11.6 Å². The lowest BCUT2D eigenvalue weighted by atomic mass is 10.2. The molecule has 0 amide bonds. The van der Waals surface area contributed by atoms with Crippen LogP contribution >= 0.6 is 0 Å². The lowest BCUT2D eigenvalue weighted by Crippen LogP contribution is -2.44. The fourth-order valence-electron chi connectivity index (χ4n) is 4.04. The monoisotopic (exact) mass is 516 g/mol. The standard InChI is InChI=1S/C24H23F3N6O2S/c1-31-11-13-32(14-12-31)20-7-5-19(6-8-20)29-23-28-16-17-9-10-33(22(17)30-23)36(34,35)21-4-2-3-18(15-21)24(25,26)27/h2-10,15-16H,11-14H2,1H3,(H,28,29,30). The van der Waals surface area contributed by atoms with E-state index < -0.39 is 26.7 Å². The molecule has 0 saturated carbocycles. The Kier molecular flexibility index (Phi) is 6.08. The predicted octanol–water partition coefficient (Wildman–Crippen LogP) is 4.18. The fraction of sp³-hybridized carbons (Fsp3) is 0.250. The van der Waals surface area contributed by atoms with Crippen LogP contribution in [-0.2, 0) is 16.2 Å². The van der Waals surface area contributed by atoms with Gasteiger partial charge in [-0.15, -0.1) is 0 Å². The Bertz CT molecular complexity index is 1490. The van der Waals surface area contributed by atoms with E-state index in [0.717, 1.165) is 54.0 Å². The van der Waals surface area contributed by atoms with Crippen LogP contribution in [0.15, 0.2) is 71.9 Å². The van der Waals surface area contributed by atoms with Crippen molar-refractivity contribution >= 4 is 38.4 Å². The van der Waals surface area contributed by atoms with E-state index in [9.17, 15) is 21.6 Å². The molecule has 1 aliphatic rings. The second-order valence-electron chi connectivity index (χ2n) is 8.58. The molecule has 8 nitrogen and oxygen atoms in total. The smallest absolute Gasteiger partial charge is 0.369 e. The molecule has 3 heterocycles. The van der Waals surface area contributed by atoms with Gasteiger partial charge in [-0.25, -0.2) is 17.4 Å². The van der Waals surface area contributed by atoms with Gasteiger partial charge in [0, 0.05) is 55.3 Å². The zero-order chi connectivity index (χ0) is 25.5. The molecule has 36 heavy (non-hydrogen) atoms. The zero-order valence-electron chi connectivity index (χ0n) is 19.3. The third kappa shape index (κ3) is 4.73. The average molecular weight is 517 g/mol. The number of fused-ring (bicyclic) bond motifs is 1. The number of aromatic nitrogens is 3. The molecular weight excluding hydrogens is 493 g/mol. The van der Waals surface area contributed by atoms with Gasteiger partial charge in [-0.3, -0.25) is 0 Å². The van der Waals surface area contributed by atoms with E-state index in [4.69, 9.17) is 0 Å². The predicted molar refractivity (Wildman–Crippen MR) is 131 cm³/mol. The maximum Gasteiger partial charge on any atom is 0.416 e. The largest absolute Gasteiger partial charge is 0.416 e. The van der Waals surface area contributed by atoms with Crippen LogP contribution in [-0.4, -0.2) is 60.5 Å². The Morgan fingerprint density at radius 3 is 2.39 bits per heavy atom. The van der Waals surface area contributed by atoms with Crippen molar-refractivity contribution in [2.75, 3.05) is 43.4 Å². The number of hydrogen-bond donors (Lipinski definition) is 1. The highest BCUT2D eigenvalue weighted by atomic mass is 32.2. The molecule has 0 spiro atoms. The Hall–Kier alpha value is -3.64. The number of hydrogen-bond acceptors (Lipinski definition) is 7. The number of piperazine rings is 1. The molecule has 1 fully saturated rings. The van der Waals surface area contributed by atoms with Gasteiger partial charge in [0.1, 0.15) is 0 Å². The van der Waals surface area contributed by atoms with Gasteiger partial charge in [-0.2, -0.15) is 18.2 Å². The van der Waals surface area contributed by atoms with Crippen molar-refractivity contribution in [3.8, 4) is 0 Å². The Labute approximate surface area is 206 Å². The van der Waals surface area contributed by atoms with Gasteiger partial charge in [-0.05, 0) is 55.6 Å². The van der Waals surface area contributed by atoms with Gasteiger partial charge in [0.05, 0.1) is 10.5 Å². The van der Waals surface area contributed by atoms with Crippen LogP contribution in [0.1, 0.15) is 5.56 Å². The Morgan fingerprint density at radius 2 is 1.69 bits per heavy atom. The first-order chi connectivity index (χ1) is 17.1. The molecular formula is C24H23F3N6O2S. The van der Waals surface area contributed by atoms with E-state index in [2.05, 4.69) is 32.1 Å². The minimum absolute atomic E-state index is 0.0546. The van der Waals surface area contributed by atoms with Crippen molar-refractivity contribution in [1.82, 2.24) is 18.8 Å². The molecule has 1 saturated heterocycles. The lowest BCUT2D eigenvalue weighted by Gasteiger charge is -2.34. The first-order valence-electron chi connectivity index (χ1n) is 11.2. The molecule has 1 aliphatic heterocycles. The third-order valence-electron chi connectivity index (χ3n) is 6.10. The molecule has 0 atom stereocenters. The summed E-state index contributed by atoms with van der Waals surface area (Å²) in [5.74, 6) is 0.161. The molecule has 1 N–H and O–H groups in total. The van der Waals surface area contributed by atoms with E-state index >= 15 is 0 Å². The van der Waals surface area contributed by atoms with E-state index in [1.54, 1.807) is 0 Å². The van der Waals surface area contributed by atoms with Crippen LogP contribution < -0.4 is 10.2 Å².